The molecule has 4 nitrogen and oxygen atoms in total. The van der Waals surface area contributed by atoms with Gasteiger partial charge in [0.2, 0.25) is 10.0 Å². The van der Waals surface area contributed by atoms with Gasteiger partial charge in [-0.15, -0.1) is 0 Å². The van der Waals surface area contributed by atoms with E-state index in [-0.39, 0.29) is 5.54 Å². The molecule has 1 fully saturated rings. The van der Waals surface area contributed by atoms with E-state index in [1.54, 1.807) is 0 Å². The van der Waals surface area contributed by atoms with Gasteiger partial charge >= 0.3 is 0 Å². The molecule has 1 N–H and O–H groups in total. The number of sulfonamides is 1. The highest BCUT2D eigenvalue weighted by atomic mass is 32.2. The van der Waals surface area contributed by atoms with Crippen LogP contribution in [0.4, 0.5) is 0 Å². The molecule has 0 aliphatic carbocycles. The van der Waals surface area contributed by atoms with Crippen molar-refractivity contribution in [3.8, 4) is 0 Å². The van der Waals surface area contributed by atoms with Crippen molar-refractivity contribution >= 4 is 10.0 Å². The summed E-state index contributed by atoms with van der Waals surface area (Å²) in [6.45, 7) is 9.08. The predicted molar refractivity (Wildman–Crippen MR) is 66.9 cm³/mol. The molecule has 1 rings (SSSR count). The lowest BCUT2D eigenvalue weighted by Gasteiger charge is -2.43. The molecule has 1 aliphatic heterocycles. The standard InChI is InChI=1S/C11H24N2O2S/c1-10-6-5-7-13(8-10)11(2,3)9-12-16(4,14)15/h10,12H,5-9H2,1-4H3. The normalized spacial score (nSPS) is 24.6. The van der Waals surface area contributed by atoms with Gasteiger partial charge in [0.15, 0.2) is 0 Å². The van der Waals surface area contributed by atoms with Gasteiger partial charge < -0.3 is 0 Å². The van der Waals surface area contributed by atoms with Gasteiger partial charge in [0, 0.05) is 18.6 Å². The molecule has 0 amide bonds. The third-order valence-electron chi connectivity index (χ3n) is 3.28. The van der Waals surface area contributed by atoms with Crippen molar-refractivity contribution in [1.29, 1.82) is 0 Å². The van der Waals surface area contributed by atoms with Crippen molar-refractivity contribution in [2.45, 2.75) is 39.2 Å². The molecule has 0 bridgehead atoms. The summed E-state index contributed by atoms with van der Waals surface area (Å²) in [6.07, 6.45) is 3.71. The van der Waals surface area contributed by atoms with Crippen LogP contribution >= 0.6 is 0 Å². The maximum atomic E-state index is 11.1. The summed E-state index contributed by atoms with van der Waals surface area (Å²) in [5.74, 6) is 0.714. The lowest BCUT2D eigenvalue weighted by Crippen LogP contribution is -2.54. The van der Waals surface area contributed by atoms with E-state index in [2.05, 4.69) is 30.4 Å². The predicted octanol–water partition coefficient (Wildman–Crippen LogP) is 1.05. The number of hydrogen-bond donors (Lipinski definition) is 1. The van der Waals surface area contributed by atoms with Crippen molar-refractivity contribution in [2.24, 2.45) is 5.92 Å². The van der Waals surface area contributed by atoms with E-state index in [0.29, 0.717) is 12.5 Å². The fourth-order valence-electron chi connectivity index (χ4n) is 2.16. The summed E-state index contributed by atoms with van der Waals surface area (Å²) >= 11 is 0. The van der Waals surface area contributed by atoms with Gasteiger partial charge in [-0.05, 0) is 39.2 Å². The van der Waals surface area contributed by atoms with Crippen LogP contribution in [0.25, 0.3) is 0 Å². The molecule has 1 aliphatic rings. The number of nitrogens with one attached hydrogen (secondary N) is 1. The molecule has 1 saturated heterocycles. The SMILES string of the molecule is CC1CCCN(C(C)(C)CNS(C)(=O)=O)C1. The van der Waals surface area contributed by atoms with E-state index < -0.39 is 10.0 Å². The van der Waals surface area contributed by atoms with Crippen LogP contribution in [0, 0.1) is 5.92 Å². The molecule has 0 spiro atoms. The third kappa shape index (κ3) is 4.39. The zero-order valence-corrected chi connectivity index (χ0v) is 11.6. The molecule has 0 saturated carbocycles. The van der Waals surface area contributed by atoms with E-state index in [0.717, 1.165) is 13.1 Å². The first-order valence-corrected chi connectivity index (χ1v) is 7.79. The Balaban J connectivity index is 2.55. The Morgan fingerprint density at radius 3 is 2.56 bits per heavy atom. The Bertz CT molecular complexity index is 325. The average Bonchev–Trinajstić information content (AvgIpc) is 2.14. The van der Waals surface area contributed by atoms with Crippen LogP contribution in [0.15, 0.2) is 0 Å². The van der Waals surface area contributed by atoms with Gasteiger partial charge in [0.05, 0.1) is 6.26 Å². The van der Waals surface area contributed by atoms with Gasteiger partial charge in [-0.2, -0.15) is 0 Å². The quantitative estimate of drug-likeness (QED) is 0.809. The number of piperidine rings is 1. The Morgan fingerprint density at radius 1 is 1.44 bits per heavy atom. The Hall–Kier alpha value is -0.130. The Kier molecular flexibility index (Phi) is 4.37. The molecule has 1 atom stereocenters. The molecule has 96 valence electrons. The average molecular weight is 248 g/mol. The molecule has 0 radical (unpaired) electrons. The van der Waals surface area contributed by atoms with Crippen LogP contribution in [-0.4, -0.2) is 44.7 Å². The topological polar surface area (TPSA) is 49.4 Å². The van der Waals surface area contributed by atoms with Crippen molar-refractivity contribution in [3.05, 3.63) is 0 Å². The highest BCUT2D eigenvalue weighted by molar-refractivity contribution is 7.88. The van der Waals surface area contributed by atoms with Gasteiger partial charge in [-0.3, -0.25) is 4.90 Å². The van der Waals surface area contributed by atoms with E-state index in [1.807, 2.05) is 0 Å². The fraction of sp³-hybridized carbons (Fsp3) is 1.00. The van der Waals surface area contributed by atoms with Gasteiger partial charge in [0.25, 0.3) is 0 Å². The zero-order valence-electron chi connectivity index (χ0n) is 10.8. The van der Waals surface area contributed by atoms with E-state index >= 15 is 0 Å². The summed E-state index contributed by atoms with van der Waals surface area (Å²) in [5.41, 5.74) is -0.0994. The van der Waals surface area contributed by atoms with Crippen LogP contribution in [0.2, 0.25) is 0 Å². The molecule has 0 aromatic rings. The summed E-state index contributed by atoms with van der Waals surface area (Å²) in [4.78, 5) is 2.39. The zero-order chi connectivity index (χ0) is 12.4. The number of rotatable bonds is 4. The first-order valence-electron chi connectivity index (χ1n) is 5.90. The summed E-state index contributed by atoms with van der Waals surface area (Å²) in [7, 11) is -3.09. The first-order chi connectivity index (χ1) is 7.21. The molecule has 1 unspecified atom stereocenters. The molecule has 5 heteroatoms. The highest BCUT2D eigenvalue weighted by Crippen LogP contribution is 2.23. The molecule has 1 heterocycles. The van der Waals surface area contributed by atoms with Crippen LogP contribution in [0.5, 0.6) is 0 Å². The van der Waals surface area contributed by atoms with Gasteiger partial charge in [0.1, 0.15) is 0 Å². The van der Waals surface area contributed by atoms with Gasteiger partial charge in [-0.25, -0.2) is 13.1 Å². The summed E-state index contributed by atoms with van der Waals surface area (Å²) in [6, 6.07) is 0. The Morgan fingerprint density at radius 2 is 2.06 bits per heavy atom. The first kappa shape index (κ1) is 13.9. The highest BCUT2D eigenvalue weighted by Gasteiger charge is 2.30. The fourth-order valence-corrected chi connectivity index (χ4v) is 2.77. The minimum atomic E-state index is -3.09. The second kappa shape index (κ2) is 5.02. The smallest absolute Gasteiger partial charge is 0.208 e. The van der Waals surface area contributed by atoms with Crippen LogP contribution in [0.1, 0.15) is 33.6 Å². The van der Waals surface area contributed by atoms with Crippen molar-refractivity contribution in [1.82, 2.24) is 9.62 Å². The van der Waals surface area contributed by atoms with Crippen molar-refractivity contribution in [3.63, 3.8) is 0 Å². The van der Waals surface area contributed by atoms with Crippen LogP contribution in [-0.2, 0) is 10.0 Å². The van der Waals surface area contributed by atoms with Crippen molar-refractivity contribution in [2.75, 3.05) is 25.9 Å². The number of hydrogen-bond acceptors (Lipinski definition) is 3. The maximum absolute atomic E-state index is 11.1. The molecule has 0 aromatic heterocycles. The van der Waals surface area contributed by atoms with E-state index in [9.17, 15) is 8.42 Å². The van der Waals surface area contributed by atoms with Crippen LogP contribution < -0.4 is 4.72 Å². The molecule has 16 heavy (non-hydrogen) atoms. The van der Waals surface area contributed by atoms with Crippen LogP contribution in [0.3, 0.4) is 0 Å². The monoisotopic (exact) mass is 248 g/mol. The lowest BCUT2D eigenvalue weighted by atomic mass is 9.94. The minimum Gasteiger partial charge on any atom is -0.297 e. The van der Waals surface area contributed by atoms with Gasteiger partial charge in [-0.1, -0.05) is 6.92 Å². The summed E-state index contributed by atoms with van der Waals surface area (Å²) in [5, 5.41) is 0. The number of nitrogens with zero attached hydrogens (tertiary/aromatic N) is 1. The molecular formula is C11H24N2O2S. The summed E-state index contributed by atoms with van der Waals surface area (Å²) < 4.78 is 24.8. The second-order valence-electron chi connectivity index (χ2n) is 5.60. The third-order valence-corrected chi connectivity index (χ3v) is 3.95. The number of likely N-dealkylation sites (tertiary alicyclic amines) is 1. The lowest BCUT2D eigenvalue weighted by molar-refractivity contribution is 0.0747. The minimum absolute atomic E-state index is 0.0994. The van der Waals surface area contributed by atoms with E-state index in [4.69, 9.17) is 0 Å². The maximum Gasteiger partial charge on any atom is 0.208 e. The second-order valence-corrected chi connectivity index (χ2v) is 7.43. The largest absolute Gasteiger partial charge is 0.297 e. The van der Waals surface area contributed by atoms with Crippen molar-refractivity contribution < 1.29 is 8.42 Å². The molecular weight excluding hydrogens is 224 g/mol. The Labute approximate surface area is 99.5 Å². The molecule has 0 aromatic carbocycles. The van der Waals surface area contributed by atoms with E-state index in [1.165, 1.54) is 19.1 Å².